The predicted octanol–water partition coefficient (Wildman–Crippen LogP) is 1.76. The number of aliphatic hydroxyl groups excluding tert-OH is 1. The van der Waals surface area contributed by atoms with E-state index in [-0.39, 0.29) is 18.4 Å². The summed E-state index contributed by atoms with van der Waals surface area (Å²) < 4.78 is 70.0. The van der Waals surface area contributed by atoms with Crippen LogP contribution in [-0.4, -0.2) is 68.0 Å². The molecule has 2 aliphatic rings. The van der Waals surface area contributed by atoms with E-state index in [1.807, 2.05) is 0 Å². The summed E-state index contributed by atoms with van der Waals surface area (Å²) in [7, 11) is -6.42. The molecule has 1 aromatic heterocycles. The number of fused-ring (bicyclic) bond motifs is 1. The molecule has 3 heterocycles. The number of aliphatic hydroxyl groups is 1. The maximum absolute atomic E-state index is 15.1. The minimum absolute atomic E-state index is 0.00537. The number of halogens is 1. The molecule has 214 valence electrons. The Bertz CT molecular complexity index is 1360. The summed E-state index contributed by atoms with van der Waals surface area (Å²) in [6.45, 7) is 4.11. The van der Waals surface area contributed by atoms with E-state index in [2.05, 4.69) is 4.98 Å². The average Bonchev–Trinajstić information content (AvgIpc) is 3.40. The number of rotatable bonds is 10. The molecule has 1 aromatic carbocycles. The molecule has 0 saturated carbocycles. The summed E-state index contributed by atoms with van der Waals surface area (Å²) in [6.07, 6.45) is -3.69. The highest BCUT2D eigenvalue weighted by Crippen LogP contribution is 2.52. The molecule has 4 rings (SSSR count). The van der Waals surface area contributed by atoms with Crippen LogP contribution in [0, 0.1) is 5.92 Å². The largest absolute Gasteiger partial charge is 0.463 e. The first-order valence-electron chi connectivity index (χ1n) is 12.0. The number of carbonyl (C=O) groups excluding carboxylic acids is 1. The first kappa shape index (κ1) is 29.0. The number of carbonyl (C=O) groups is 1. The Balaban J connectivity index is 1.55. The number of ether oxygens (including phenoxy) is 3. The molecule has 0 spiro atoms. The van der Waals surface area contributed by atoms with Crippen molar-refractivity contribution in [1.82, 2.24) is 9.55 Å². The molecular formula is C23H29FN3O10PS. The van der Waals surface area contributed by atoms with Crippen molar-refractivity contribution in [3.63, 3.8) is 0 Å². The minimum atomic E-state index is -4.22. The van der Waals surface area contributed by atoms with Crippen LogP contribution in [0.2, 0.25) is 0 Å². The normalized spacial score (nSPS) is 26.3. The van der Waals surface area contributed by atoms with Gasteiger partial charge >= 0.3 is 19.3 Å². The number of esters is 1. The van der Waals surface area contributed by atoms with Gasteiger partial charge in [-0.2, -0.15) is 4.98 Å². The molecule has 0 aliphatic carbocycles. The standard InChI is InChI=1S/C23H29FN3O10PS/c1-12(2)36-22(29)13(3)10-38(31,37-14-4-5-15-16(8-14)34-11-33-15)35-9-17-20(28)19(24)21(39(17)32)27-7-6-18(25)26-23(27)30/h4-8,12-13,17,19-21,28H,9-11H2,1-3H3,(H2,25,26,30)/t13-,17?,19+,20-,21-,38+,39?/m1/s1. The lowest BCUT2D eigenvalue weighted by Crippen LogP contribution is -2.33. The summed E-state index contributed by atoms with van der Waals surface area (Å²) in [5.74, 6) is -0.837. The van der Waals surface area contributed by atoms with Crippen molar-refractivity contribution in [2.24, 2.45) is 5.92 Å². The van der Waals surface area contributed by atoms with Crippen LogP contribution in [0.25, 0.3) is 0 Å². The van der Waals surface area contributed by atoms with Gasteiger partial charge in [-0.3, -0.25) is 18.1 Å². The molecule has 0 amide bonds. The molecular weight excluding hydrogens is 560 g/mol. The molecule has 2 aromatic rings. The summed E-state index contributed by atoms with van der Waals surface area (Å²) in [4.78, 5) is 28.2. The maximum Gasteiger partial charge on any atom is 0.380 e. The fraction of sp³-hybridized carbons (Fsp3) is 0.522. The highest BCUT2D eigenvalue weighted by Gasteiger charge is 2.51. The lowest BCUT2D eigenvalue weighted by atomic mass is 10.1. The molecule has 13 nitrogen and oxygen atoms in total. The fourth-order valence-corrected chi connectivity index (χ4v) is 7.79. The highest BCUT2D eigenvalue weighted by molar-refractivity contribution is 7.86. The second-order valence-electron chi connectivity index (χ2n) is 9.32. The number of nitrogens with zero attached hydrogens (tertiary/aromatic N) is 2. The van der Waals surface area contributed by atoms with Crippen LogP contribution in [0.4, 0.5) is 10.2 Å². The van der Waals surface area contributed by atoms with Crippen molar-refractivity contribution in [3.05, 3.63) is 40.9 Å². The van der Waals surface area contributed by atoms with Gasteiger partial charge in [-0.25, -0.2) is 13.8 Å². The molecule has 3 N–H and O–H groups in total. The molecule has 0 radical (unpaired) electrons. The summed E-state index contributed by atoms with van der Waals surface area (Å²) in [5.41, 5.74) is 4.52. The van der Waals surface area contributed by atoms with Gasteiger partial charge in [0.1, 0.15) is 23.0 Å². The van der Waals surface area contributed by atoms with Gasteiger partial charge in [0.2, 0.25) is 6.79 Å². The Kier molecular flexibility index (Phi) is 8.64. The van der Waals surface area contributed by atoms with E-state index >= 15 is 4.39 Å². The van der Waals surface area contributed by atoms with E-state index in [0.29, 0.717) is 11.5 Å². The molecule has 0 bridgehead atoms. The highest BCUT2D eigenvalue weighted by atomic mass is 32.2. The lowest BCUT2D eigenvalue weighted by molar-refractivity contribution is -0.151. The zero-order valence-electron chi connectivity index (χ0n) is 21.3. The van der Waals surface area contributed by atoms with Crippen molar-refractivity contribution in [2.75, 3.05) is 25.3 Å². The number of aromatic nitrogens is 2. The predicted molar refractivity (Wildman–Crippen MR) is 137 cm³/mol. The first-order valence-corrected chi connectivity index (χ1v) is 15.0. The van der Waals surface area contributed by atoms with Crippen LogP contribution in [-0.2, 0) is 29.4 Å². The summed E-state index contributed by atoms with van der Waals surface area (Å²) >= 11 is 0. The van der Waals surface area contributed by atoms with Crippen molar-refractivity contribution in [2.45, 2.75) is 49.8 Å². The molecule has 1 saturated heterocycles. The Labute approximate surface area is 225 Å². The number of alkyl halides is 1. The third-order valence-corrected chi connectivity index (χ3v) is 9.92. The van der Waals surface area contributed by atoms with E-state index in [0.717, 1.165) is 10.8 Å². The SMILES string of the molecule is CC(C)OC(=O)[C@H](C)C[P@](=O)(OCC1[C@@H](O)[C@H](F)[C@H](n2ccc(N)nc2=O)S1=O)Oc1ccc2c(c1)OCO2. The molecule has 1 fully saturated rings. The first-order chi connectivity index (χ1) is 18.4. The van der Waals surface area contributed by atoms with Gasteiger partial charge in [0.15, 0.2) is 17.7 Å². The zero-order valence-corrected chi connectivity index (χ0v) is 23.0. The van der Waals surface area contributed by atoms with Crippen molar-refractivity contribution in [1.29, 1.82) is 0 Å². The number of anilines is 1. The topological polar surface area (TPSA) is 178 Å². The quantitative estimate of drug-likeness (QED) is 0.303. The van der Waals surface area contributed by atoms with Crippen molar-refractivity contribution < 1.29 is 46.3 Å². The Morgan fingerprint density at radius 2 is 2.03 bits per heavy atom. The van der Waals surface area contributed by atoms with Crippen LogP contribution in [0.5, 0.6) is 17.2 Å². The number of nitrogen functional groups attached to an aromatic ring is 1. The number of benzene rings is 1. The van der Waals surface area contributed by atoms with E-state index < -0.39 is 77.7 Å². The van der Waals surface area contributed by atoms with Gasteiger partial charge in [0, 0.05) is 12.3 Å². The molecule has 16 heteroatoms. The third kappa shape index (κ3) is 6.43. The number of hydrogen-bond donors (Lipinski definition) is 2. The van der Waals surface area contributed by atoms with Gasteiger partial charge < -0.3 is 29.6 Å². The molecule has 39 heavy (non-hydrogen) atoms. The van der Waals surface area contributed by atoms with E-state index in [4.69, 9.17) is 29.0 Å². The van der Waals surface area contributed by atoms with Crippen LogP contribution >= 0.6 is 7.60 Å². The minimum Gasteiger partial charge on any atom is -0.463 e. The van der Waals surface area contributed by atoms with Gasteiger partial charge in [-0.1, -0.05) is 6.92 Å². The second kappa shape index (κ2) is 11.6. The van der Waals surface area contributed by atoms with Gasteiger partial charge in [0.25, 0.3) is 0 Å². The van der Waals surface area contributed by atoms with E-state index in [9.17, 15) is 23.5 Å². The Hall–Kier alpha value is -3.00. The Morgan fingerprint density at radius 1 is 1.31 bits per heavy atom. The van der Waals surface area contributed by atoms with Gasteiger partial charge in [0.05, 0.1) is 40.8 Å². The van der Waals surface area contributed by atoms with E-state index in [1.165, 1.54) is 31.2 Å². The Morgan fingerprint density at radius 3 is 2.72 bits per heavy atom. The summed E-state index contributed by atoms with van der Waals surface area (Å²) in [6, 6.07) is 5.64. The summed E-state index contributed by atoms with van der Waals surface area (Å²) in [5, 5.41) is 7.55. The lowest BCUT2D eigenvalue weighted by Gasteiger charge is -2.24. The monoisotopic (exact) mass is 589 g/mol. The number of hydrogen-bond acceptors (Lipinski definition) is 12. The van der Waals surface area contributed by atoms with E-state index in [1.54, 1.807) is 13.8 Å². The third-order valence-electron chi connectivity index (χ3n) is 5.92. The van der Waals surface area contributed by atoms with Crippen LogP contribution in [0.1, 0.15) is 26.1 Å². The fourth-order valence-electron chi connectivity index (χ4n) is 4.02. The number of nitrogens with two attached hydrogens (primary N) is 1. The smallest absolute Gasteiger partial charge is 0.380 e. The van der Waals surface area contributed by atoms with Crippen molar-refractivity contribution >= 4 is 30.2 Å². The molecule has 2 aliphatic heterocycles. The maximum atomic E-state index is 15.1. The van der Waals surface area contributed by atoms with Crippen LogP contribution < -0.4 is 25.4 Å². The zero-order chi connectivity index (χ0) is 28.5. The second-order valence-corrected chi connectivity index (χ2v) is 13.1. The van der Waals surface area contributed by atoms with Crippen molar-refractivity contribution in [3.8, 4) is 17.2 Å². The van der Waals surface area contributed by atoms with Gasteiger partial charge in [-0.15, -0.1) is 0 Å². The average molecular weight is 590 g/mol. The molecule has 7 atom stereocenters. The van der Waals surface area contributed by atoms with Gasteiger partial charge in [-0.05, 0) is 32.0 Å². The van der Waals surface area contributed by atoms with Crippen LogP contribution in [0.3, 0.4) is 0 Å². The molecule has 2 unspecified atom stereocenters. The van der Waals surface area contributed by atoms with Crippen LogP contribution in [0.15, 0.2) is 35.3 Å².